The predicted molar refractivity (Wildman–Crippen MR) is 57.5 cm³/mol. The number of halogens is 4. The Labute approximate surface area is 101 Å². The van der Waals surface area contributed by atoms with E-state index >= 15 is 0 Å². The van der Waals surface area contributed by atoms with Gasteiger partial charge in [-0.25, -0.2) is 0 Å². The zero-order valence-corrected chi connectivity index (χ0v) is 9.89. The molecule has 0 bridgehead atoms. The number of alkyl halides is 3. The third-order valence-corrected chi connectivity index (χ3v) is 2.59. The molecule has 1 aromatic carbocycles. The van der Waals surface area contributed by atoms with E-state index in [1.807, 2.05) is 0 Å². The van der Waals surface area contributed by atoms with Crippen molar-refractivity contribution in [3.8, 4) is 11.5 Å². The highest BCUT2D eigenvalue weighted by molar-refractivity contribution is 6.33. The van der Waals surface area contributed by atoms with Gasteiger partial charge in [0.25, 0.3) is 0 Å². The molecule has 0 heterocycles. The SMILES string of the molecule is COc1ccc([C@H](N)C(F)(F)F)c(Cl)c1OC. The lowest BCUT2D eigenvalue weighted by Gasteiger charge is -2.19. The van der Waals surface area contributed by atoms with Crippen LogP contribution in [0.2, 0.25) is 5.02 Å². The van der Waals surface area contributed by atoms with Crippen LogP contribution in [-0.2, 0) is 0 Å². The van der Waals surface area contributed by atoms with Crippen LogP contribution in [0.5, 0.6) is 11.5 Å². The molecule has 96 valence electrons. The average molecular weight is 270 g/mol. The molecule has 0 unspecified atom stereocenters. The van der Waals surface area contributed by atoms with Crippen LogP contribution in [0.25, 0.3) is 0 Å². The van der Waals surface area contributed by atoms with Gasteiger partial charge in [0.2, 0.25) is 0 Å². The Morgan fingerprint density at radius 2 is 1.82 bits per heavy atom. The van der Waals surface area contributed by atoms with Gasteiger partial charge in [-0.15, -0.1) is 0 Å². The van der Waals surface area contributed by atoms with Crippen LogP contribution >= 0.6 is 11.6 Å². The number of hydrogen-bond acceptors (Lipinski definition) is 3. The third-order valence-electron chi connectivity index (χ3n) is 2.20. The molecule has 0 fully saturated rings. The highest BCUT2D eigenvalue weighted by Crippen LogP contribution is 2.42. The summed E-state index contributed by atoms with van der Waals surface area (Å²) in [7, 11) is 2.64. The van der Waals surface area contributed by atoms with Gasteiger partial charge in [0.05, 0.1) is 19.2 Å². The molecule has 0 aromatic heterocycles. The number of methoxy groups -OCH3 is 2. The molecule has 0 spiro atoms. The number of rotatable bonds is 3. The van der Waals surface area contributed by atoms with Crippen LogP contribution in [0.1, 0.15) is 11.6 Å². The van der Waals surface area contributed by atoms with Gasteiger partial charge in [-0.3, -0.25) is 0 Å². The minimum absolute atomic E-state index is 0.0337. The summed E-state index contributed by atoms with van der Waals surface area (Å²) in [6.45, 7) is 0. The lowest BCUT2D eigenvalue weighted by molar-refractivity contribution is -0.149. The monoisotopic (exact) mass is 269 g/mol. The van der Waals surface area contributed by atoms with Crippen molar-refractivity contribution in [1.82, 2.24) is 0 Å². The topological polar surface area (TPSA) is 44.5 Å². The quantitative estimate of drug-likeness (QED) is 0.918. The standard InChI is InChI=1S/C10H11ClF3NO2/c1-16-6-4-3-5(7(11)8(6)17-2)9(15)10(12,13)14/h3-4,9H,15H2,1-2H3/t9-/m0/s1. The number of nitrogens with two attached hydrogens (primary N) is 1. The second-order valence-corrected chi connectivity index (χ2v) is 3.60. The lowest BCUT2D eigenvalue weighted by Crippen LogP contribution is -2.28. The second kappa shape index (κ2) is 5.01. The molecule has 1 rings (SSSR count). The summed E-state index contributed by atoms with van der Waals surface area (Å²) in [6, 6.07) is 0.336. The van der Waals surface area contributed by atoms with Crippen molar-refractivity contribution in [2.24, 2.45) is 5.73 Å². The van der Waals surface area contributed by atoms with Crippen molar-refractivity contribution in [3.05, 3.63) is 22.7 Å². The van der Waals surface area contributed by atoms with E-state index in [1.165, 1.54) is 26.4 Å². The Bertz CT molecular complexity index is 409. The molecule has 0 saturated carbocycles. The maximum absolute atomic E-state index is 12.5. The first-order chi connectivity index (χ1) is 7.82. The summed E-state index contributed by atoms with van der Waals surface area (Å²) in [4.78, 5) is 0. The fraction of sp³-hybridized carbons (Fsp3) is 0.400. The Morgan fingerprint density at radius 3 is 2.24 bits per heavy atom. The summed E-state index contributed by atoms with van der Waals surface area (Å²) in [5.41, 5.74) is 4.83. The summed E-state index contributed by atoms with van der Waals surface area (Å²) >= 11 is 5.81. The molecule has 1 atom stereocenters. The molecular formula is C10H11ClF3NO2. The number of hydrogen-bond donors (Lipinski definition) is 1. The maximum atomic E-state index is 12.5. The summed E-state index contributed by atoms with van der Waals surface area (Å²) in [5, 5.41) is -0.198. The molecule has 0 aliphatic rings. The van der Waals surface area contributed by atoms with Crippen LogP contribution in [0, 0.1) is 0 Å². The zero-order chi connectivity index (χ0) is 13.2. The maximum Gasteiger partial charge on any atom is 0.407 e. The largest absolute Gasteiger partial charge is 0.493 e. The molecule has 0 aliphatic carbocycles. The van der Waals surface area contributed by atoms with Gasteiger partial charge in [-0.2, -0.15) is 13.2 Å². The molecule has 0 radical (unpaired) electrons. The fourth-order valence-corrected chi connectivity index (χ4v) is 1.67. The van der Waals surface area contributed by atoms with E-state index < -0.39 is 12.2 Å². The van der Waals surface area contributed by atoms with Crippen molar-refractivity contribution in [3.63, 3.8) is 0 Å². The first kappa shape index (κ1) is 13.9. The Hall–Kier alpha value is -1.14. The van der Waals surface area contributed by atoms with E-state index in [0.29, 0.717) is 0 Å². The minimum Gasteiger partial charge on any atom is -0.493 e. The van der Waals surface area contributed by atoms with E-state index in [9.17, 15) is 13.2 Å². The Morgan fingerprint density at radius 1 is 1.24 bits per heavy atom. The molecule has 0 amide bonds. The van der Waals surface area contributed by atoms with Gasteiger partial charge in [-0.1, -0.05) is 17.7 Å². The van der Waals surface area contributed by atoms with Gasteiger partial charge in [0.1, 0.15) is 6.04 Å². The molecule has 1 aromatic rings. The number of ether oxygens (including phenoxy) is 2. The number of benzene rings is 1. The van der Waals surface area contributed by atoms with Crippen molar-refractivity contribution in [1.29, 1.82) is 0 Å². The van der Waals surface area contributed by atoms with Crippen molar-refractivity contribution in [2.75, 3.05) is 14.2 Å². The van der Waals surface area contributed by atoms with Crippen LogP contribution in [0.15, 0.2) is 12.1 Å². The minimum atomic E-state index is -4.57. The molecule has 17 heavy (non-hydrogen) atoms. The van der Waals surface area contributed by atoms with Crippen LogP contribution in [0.3, 0.4) is 0 Å². The third kappa shape index (κ3) is 2.76. The molecule has 2 N–H and O–H groups in total. The molecule has 3 nitrogen and oxygen atoms in total. The first-order valence-corrected chi connectivity index (χ1v) is 4.93. The predicted octanol–water partition coefficient (Wildman–Crippen LogP) is 2.92. The van der Waals surface area contributed by atoms with Gasteiger partial charge >= 0.3 is 6.18 Å². The van der Waals surface area contributed by atoms with E-state index in [0.717, 1.165) is 0 Å². The molecule has 7 heteroatoms. The van der Waals surface area contributed by atoms with Crippen LogP contribution < -0.4 is 15.2 Å². The highest BCUT2D eigenvalue weighted by Gasteiger charge is 2.39. The zero-order valence-electron chi connectivity index (χ0n) is 9.14. The average Bonchev–Trinajstić information content (AvgIpc) is 2.26. The van der Waals surface area contributed by atoms with E-state index in [-0.39, 0.29) is 22.1 Å². The van der Waals surface area contributed by atoms with Crippen molar-refractivity contribution < 1.29 is 22.6 Å². The van der Waals surface area contributed by atoms with E-state index in [4.69, 9.17) is 26.8 Å². The first-order valence-electron chi connectivity index (χ1n) is 4.55. The van der Waals surface area contributed by atoms with Crippen molar-refractivity contribution >= 4 is 11.6 Å². The van der Waals surface area contributed by atoms with Gasteiger partial charge in [0.15, 0.2) is 11.5 Å². The van der Waals surface area contributed by atoms with E-state index in [2.05, 4.69) is 0 Å². The van der Waals surface area contributed by atoms with Crippen LogP contribution in [-0.4, -0.2) is 20.4 Å². The fourth-order valence-electron chi connectivity index (χ4n) is 1.32. The summed E-state index contributed by atoms with van der Waals surface area (Å²) < 4.78 is 47.2. The smallest absolute Gasteiger partial charge is 0.407 e. The summed E-state index contributed by atoms with van der Waals surface area (Å²) in [5.74, 6) is 0.280. The normalized spacial score (nSPS) is 13.4. The summed E-state index contributed by atoms with van der Waals surface area (Å²) in [6.07, 6.45) is -4.57. The lowest BCUT2D eigenvalue weighted by atomic mass is 10.1. The van der Waals surface area contributed by atoms with Gasteiger partial charge in [0, 0.05) is 5.56 Å². The Kier molecular flexibility index (Phi) is 4.11. The highest BCUT2D eigenvalue weighted by atomic mass is 35.5. The molecular weight excluding hydrogens is 259 g/mol. The molecule has 0 aliphatic heterocycles. The van der Waals surface area contributed by atoms with E-state index in [1.54, 1.807) is 0 Å². The van der Waals surface area contributed by atoms with Crippen LogP contribution in [0.4, 0.5) is 13.2 Å². The van der Waals surface area contributed by atoms with Crippen molar-refractivity contribution in [2.45, 2.75) is 12.2 Å². The molecule has 0 saturated heterocycles. The van der Waals surface area contributed by atoms with Gasteiger partial charge < -0.3 is 15.2 Å². The Balaban J connectivity index is 3.29. The second-order valence-electron chi connectivity index (χ2n) is 3.22. The van der Waals surface area contributed by atoms with Gasteiger partial charge in [-0.05, 0) is 6.07 Å².